The van der Waals surface area contributed by atoms with E-state index in [9.17, 15) is 43.2 Å². The Hall–Kier alpha value is -4.80. The van der Waals surface area contributed by atoms with Crippen LogP contribution in [0.4, 0.5) is 0 Å². The molecule has 5 atom stereocenters. The standard InChI is InChI=1S/C79H132O17P2/c1-5-9-13-17-21-25-29-33-36-40-43-47-51-55-59-63-76(81)89-69-74(95-78(83)65-61-57-53-49-45-39-32-28-24-20-16-12-8-4)71-93-97(85,86)91-67-73(80)68-92-98(87,88)94-72-75(96-79(84)66-62-58-54-50-46-42-38-35-31-27-23-19-15-11-7-3)70-90-77(82)64-60-56-52-48-44-41-37-34-30-26-22-18-14-10-6-2/h9-10,13-14,16,20-23,25-28,32-38,43,47,73-75,80H,5-8,11-12,15,17-19,24,29-31,39-42,44-46,48-72H2,1-4H3,(H,85,86)(H,87,88)/b13-9-,14-10-,20-16-,25-21-,26-22-,27-23-,32-28-,36-33-,37-34-,38-35-,47-43-. The van der Waals surface area contributed by atoms with Crippen molar-refractivity contribution in [2.75, 3.05) is 39.6 Å². The predicted octanol–water partition coefficient (Wildman–Crippen LogP) is 21.3. The molecule has 560 valence electrons. The second kappa shape index (κ2) is 70.6. The van der Waals surface area contributed by atoms with Crippen LogP contribution in [0.2, 0.25) is 0 Å². The molecule has 0 radical (unpaired) electrons. The van der Waals surface area contributed by atoms with E-state index in [0.717, 1.165) is 186 Å². The zero-order chi connectivity index (χ0) is 71.8. The van der Waals surface area contributed by atoms with Gasteiger partial charge in [-0.3, -0.25) is 37.3 Å². The molecule has 0 heterocycles. The summed E-state index contributed by atoms with van der Waals surface area (Å²) in [6, 6.07) is 0. The largest absolute Gasteiger partial charge is 0.472 e. The summed E-state index contributed by atoms with van der Waals surface area (Å²) in [5.74, 6) is -2.28. The van der Waals surface area contributed by atoms with E-state index in [4.69, 9.17) is 37.0 Å². The van der Waals surface area contributed by atoms with Crippen molar-refractivity contribution in [2.24, 2.45) is 0 Å². The molecule has 0 aromatic heterocycles. The number of unbranched alkanes of at least 4 members (excludes halogenated alkanes) is 21. The molecule has 0 aromatic carbocycles. The first-order valence-corrected chi connectivity index (χ1v) is 40.4. The number of hydrogen-bond donors (Lipinski definition) is 3. The van der Waals surface area contributed by atoms with Crippen molar-refractivity contribution >= 4 is 39.5 Å². The predicted molar refractivity (Wildman–Crippen MR) is 399 cm³/mol. The summed E-state index contributed by atoms with van der Waals surface area (Å²) in [7, 11) is -9.98. The van der Waals surface area contributed by atoms with Gasteiger partial charge in [-0.1, -0.05) is 238 Å². The van der Waals surface area contributed by atoms with E-state index in [1.54, 1.807) is 0 Å². The summed E-state index contributed by atoms with van der Waals surface area (Å²) in [4.78, 5) is 72.8. The smallest absolute Gasteiger partial charge is 0.462 e. The minimum Gasteiger partial charge on any atom is -0.462 e. The zero-order valence-electron chi connectivity index (χ0n) is 60.9. The van der Waals surface area contributed by atoms with E-state index in [-0.39, 0.29) is 25.7 Å². The Morgan fingerprint density at radius 2 is 0.551 bits per heavy atom. The molecule has 19 heteroatoms. The maximum absolute atomic E-state index is 13.1. The molecule has 0 rings (SSSR count). The number of rotatable bonds is 69. The molecule has 17 nitrogen and oxygen atoms in total. The fourth-order valence-corrected chi connectivity index (χ4v) is 11.0. The highest BCUT2D eigenvalue weighted by Gasteiger charge is 2.30. The van der Waals surface area contributed by atoms with Crippen LogP contribution >= 0.6 is 15.6 Å². The normalized spacial score (nSPS) is 14.7. The molecule has 0 aliphatic heterocycles. The fraction of sp³-hybridized carbons (Fsp3) is 0.671. The Bertz CT molecular complexity index is 2380. The van der Waals surface area contributed by atoms with Crippen molar-refractivity contribution < 1.29 is 80.2 Å². The molecule has 0 spiro atoms. The number of esters is 4. The van der Waals surface area contributed by atoms with Crippen LogP contribution in [0.3, 0.4) is 0 Å². The van der Waals surface area contributed by atoms with Gasteiger partial charge in [0.25, 0.3) is 0 Å². The van der Waals surface area contributed by atoms with Crippen LogP contribution in [0, 0.1) is 0 Å². The minimum atomic E-state index is -4.99. The van der Waals surface area contributed by atoms with Gasteiger partial charge < -0.3 is 33.8 Å². The topological polar surface area (TPSA) is 237 Å². The summed E-state index contributed by atoms with van der Waals surface area (Å²) in [5.41, 5.74) is 0. The van der Waals surface area contributed by atoms with Gasteiger partial charge in [0.2, 0.25) is 0 Å². The van der Waals surface area contributed by atoms with Crippen LogP contribution in [0.5, 0.6) is 0 Å². The molecular formula is C79H132O17P2. The first-order valence-electron chi connectivity index (χ1n) is 37.4. The molecule has 0 aliphatic rings. The number of ether oxygens (including phenoxy) is 4. The van der Waals surface area contributed by atoms with Gasteiger partial charge in [0.1, 0.15) is 19.3 Å². The molecule has 98 heavy (non-hydrogen) atoms. The number of aliphatic hydroxyl groups excluding tert-OH is 1. The van der Waals surface area contributed by atoms with E-state index < -0.39 is 97.5 Å². The molecule has 0 aliphatic carbocycles. The third-order valence-electron chi connectivity index (χ3n) is 15.1. The molecule has 3 N–H and O–H groups in total. The summed E-state index contributed by atoms with van der Waals surface area (Å²) in [6.07, 6.45) is 77.3. The number of phosphoric ester groups is 2. The van der Waals surface area contributed by atoms with Crippen molar-refractivity contribution in [3.63, 3.8) is 0 Å². The van der Waals surface area contributed by atoms with Gasteiger partial charge in [0, 0.05) is 25.7 Å². The van der Waals surface area contributed by atoms with Crippen LogP contribution in [0.25, 0.3) is 0 Å². The van der Waals surface area contributed by atoms with E-state index >= 15 is 0 Å². The monoisotopic (exact) mass is 1410 g/mol. The van der Waals surface area contributed by atoms with E-state index in [2.05, 4.69) is 161 Å². The van der Waals surface area contributed by atoms with Crippen molar-refractivity contribution in [2.45, 2.75) is 303 Å². The van der Waals surface area contributed by atoms with Gasteiger partial charge in [-0.15, -0.1) is 0 Å². The third-order valence-corrected chi connectivity index (χ3v) is 17.0. The van der Waals surface area contributed by atoms with Crippen LogP contribution in [-0.2, 0) is 65.4 Å². The first kappa shape index (κ1) is 93.2. The Morgan fingerprint density at radius 1 is 0.296 bits per heavy atom. The third kappa shape index (κ3) is 69.7. The Morgan fingerprint density at radius 3 is 0.878 bits per heavy atom. The summed E-state index contributed by atoms with van der Waals surface area (Å²) < 4.78 is 68.4. The zero-order valence-corrected chi connectivity index (χ0v) is 62.7. The highest BCUT2D eigenvalue weighted by atomic mass is 31.2. The maximum atomic E-state index is 13.1. The van der Waals surface area contributed by atoms with Gasteiger partial charge in [-0.05, 0) is 154 Å². The number of carbonyl (C=O) groups excluding carboxylic acids is 4. The number of hydrogen-bond acceptors (Lipinski definition) is 15. The Kier molecular flexibility index (Phi) is 67.2. The molecule has 0 aromatic rings. The van der Waals surface area contributed by atoms with E-state index in [1.807, 2.05) is 0 Å². The van der Waals surface area contributed by atoms with Crippen LogP contribution < -0.4 is 0 Å². The first-order chi connectivity index (χ1) is 47.7. The van der Waals surface area contributed by atoms with Crippen molar-refractivity contribution in [3.8, 4) is 0 Å². The summed E-state index contributed by atoms with van der Waals surface area (Å²) >= 11 is 0. The molecular weight excluding hydrogens is 1280 g/mol. The molecule has 0 saturated carbocycles. The molecule has 0 fully saturated rings. The minimum absolute atomic E-state index is 0.0657. The highest BCUT2D eigenvalue weighted by Crippen LogP contribution is 2.45. The maximum Gasteiger partial charge on any atom is 0.472 e. The van der Waals surface area contributed by atoms with Gasteiger partial charge in [-0.2, -0.15) is 0 Å². The second-order valence-electron chi connectivity index (χ2n) is 24.5. The van der Waals surface area contributed by atoms with Gasteiger partial charge in [0.05, 0.1) is 26.4 Å². The van der Waals surface area contributed by atoms with Gasteiger partial charge in [0.15, 0.2) is 12.2 Å². The SMILES string of the molecule is CC/C=C\C/C=C\C/C=C\C/C=C\CCCCC(=O)OCC(COP(=O)(O)OCC(O)COP(=O)(O)OCC(COC(=O)CCCCCCC/C=C\C/C=C\C/C=C\CC)OC(=O)CCCCCCC/C=C\C/C=C\CCCCC)OC(=O)CCCCCCC/C=C\C/C=C\CCC. The highest BCUT2D eigenvalue weighted by molar-refractivity contribution is 7.47. The van der Waals surface area contributed by atoms with Crippen molar-refractivity contribution in [1.29, 1.82) is 0 Å². The number of phosphoric acid groups is 2. The summed E-state index contributed by atoms with van der Waals surface area (Å²) in [5, 5.41) is 10.6. The average Bonchev–Trinajstić information content (AvgIpc) is 0.959. The average molecular weight is 1420 g/mol. The lowest BCUT2D eigenvalue weighted by molar-refractivity contribution is -0.161. The Balaban J connectivity index is 5.42. The molecule has 0 amide bonds. The van der Waals surface area contributed by atoms with Crippen LogP contribution in [0.15, 0.2) is 134 Å². The lowest BCUT2D eigenvalue weighted by Gasteiger charge is -2.21. The quantitative estimate of drug-likeness (QED) is 0.0169. The van der Waals surface area contributed by atoms with E-state index in [1.165, 1.54) is 19.3 Å². The number of allylic oxidation sites excluding steroid dienone is 22. The molecule has 0 bridgehead atoms. The van der Waals surface area contributed by atoms with Gasteiger partial charge in [-0.25, -0.2) is 9.13 Å². The fourth-order valence-electron chi connectivity index (χ4n) is 9.41. The second-order valence-corrected chi connectivity index (χ2v) is 27.4. The van der Waals surface area contributed by atoms with Crippen LogP contribution in [-0.4, -0.2) is 96.7 Å². The van der Waals surface area contributed by atoms with E-state index in [0.29, 0.717) is 25.7 Å². The van der Waals surface area contributed by atoms with Crippen molar-refractivity contribution in [1.82, 2.24) is 0 Å². The molecule has 5 unspecified atom stereocenters. The Labute approximate surface area is 593 Å². The van der Waals surface area contributed by atoms with Crippen molar-refractivity contribution in [3.05, 3.63) is 134 Å². The van der Waals surface area contributed by atoms with Crippen LogP contribution in [0.1, 0.15) is 285 Å². The lowest BCUT2D eigenvalue weighted by Crippen LogP contribution is -2.30. The number of aliphatic hydroxyl groups is 1. The summed E-state index contributed by atoms with van der Waals surface area (Å²) in [6.45, 7) is 4.44. The van der Waals surface area contributed by atoms with Gasteiger partial charge >= 0.3 is 39.5 Å². The number of carbonyl (C=O) groups is 4. The molecule has 0 saturated heterocycles. The lowest BCUT2D eigenvalue weighted by atomic mass is 10.1.